The van der Waals surface area contributed by atoms with Crippen LogP contribution in [0.1, 0.15) is 44.7 Å². The summed E-state index contributed by atoms with van der Waals surface area (Å²) in [5.41, 5.74) is 7.98. The average Bonchev–Trinajstić information content (AvgIpc) is 2.52. The van der Waals surface area contributed by atoms with Crippen molar-refractivity contribution in [2.75, 3.05) is 18.4 Å². The molecule has 0 saturated heterocycles. The Morgan fingerprint density at radius 3 is 2.24 bits per heavy atom. The van der Waals surface area contributed by atoms with E-state index in [1.54, 1.807) is 19.9 Å². The van der Waals surface area contributed by atoms with Gasteiger partial charge in [-0.25, -0.2) is 8.42 Å². The van der Waals surface area contributed by atoms with Gasteiger partial charge in [-0.3, -0.25) is 4.79 Å². The van der Waals surface area contributed by atoms with Gasteiger partial charge in [0.2, 0.25) is 15.9 Å². The van der Waals surface area contributed by atoms with Gasteiger partial charge in [-0.15, -0.1) is 12.4 Å². The minimum atomic E-state index is -3.58. The first-order chi connectivity index (χ1) is 11.2. The van der Waals surface area contributed by atoms with Crippen LogP contribution >= 0.6 is 12.4 Å². The molecule has 0 heterocycles. The lowest BCUT2D eigenvalue weighted by Gasteiger charge is -2.21. The van der Waals surface area contributed by atoms with E-state index >= 15 is 0 Å². The number of sulfonamides is 1. The molecule has 3 N–H and O–H groups in total. The third kappa shape index (κ3) is 5.67. The van der Waals surface area contributed by atoms with Gasteiger partial charge in [0.05, 0.1) is 10.9 Å². The Kier molecular flexibility index (Phi) is 9.64. The highest BCUT2D eigenvalue weighted by Crippen LogP contribution is 2.26. The van der Waals surface area contributed by atoms with E-state index in [2.05, 4.69) is 5.32 Å². The number of aryl methyl sites for hydroxylation is 1. The van der Waals surface area contributed by atoms with Crippen LogP contribution in [-0.4, -0.2) is 37.8 Å². The third-order valence-corrected chi connectivity index (χ3v) is 6.21. The number of amides is 1. The fourth-order valence-electron chi connectivity index (χ4n) is 2.49. The van der Waals surface area contributed by atoms with Gasteiger partial charge < -0.3 is 11.1 Å². The number of anilines is 1. The zero-order chi connectivity index (χ0) is 18.5. The Labute approximate surface area is 157 Å². The SMILES string of the molecule is CCCC(N)C(=O)Nc1cc(S(=O)(=O)N(CC)CC)cc(C)c1C.Cl. The van der Waals surface area contributed by atoms with E-state index in [4.69, 9.17) is 5.73 Å². The summed E-state index contributed by atoms with van der Waals surface area (Å²) in [7, 11) is -3.58. The average molecular weight is 392 g/mol. The smallest absolute Gasteiger partial charge is 0.243 e. The molecule has 0 aliphatic rings. The summed E-state index contributed by atoms with van der Waals surface area (Å²) in [6.45, 7) is 10.0. The minimum absolute atomic E-state index is 0. The van der Waals surface area contributed by atoms with E-state index in [1.165, 1.54) is 10.4 Å². The van der Waals surface area contributed by atoms with Gasteiger partial charge in [0.15, 0.2) is 0 Å². The molecule has 1 aromatic rings. The molecule has 1 aromatic carbocycles. The number of nitrogens with two attached hydrogens (primary N) is 1. The zero-order valence-electron chi connectivity index (χ0n) is 15.6. The van der Waals surface area contributed by atoms with Crippen LogP contribution in [0.5, 0.6) is 0 Å². The lowest BCUT2D eigenvalue weighted by Crippen LogP contribution is -2.35. The second-order valence-electron chi connectivity index (χ2n) is 5.89. The van der Waals surface area contributed by atoms with Gasteiger partial charge in [-0.1, -0.05) is 27.2 Å². The van der Waals surface area contributed by atoms with Crippen LogP contribution in [0.25, 0.3) is 0 Å². The normalized spacial score (nSPS) is 12.6. The Morgan fingerprint density at radius 1 is 1.20 bits per heavy atom. The molecule has 25 heavy (non-hydrogen) atoms. The number of nitrogens with zero attached hydrogens (tertiary/aromatic N) is 1. The second kappa shape index (κ2) is 10.1. The van der Waals surface area contributed by atoms with Crippen molar-refractivity contribution in [3.05, 3.63) is 23.3 Å². The lowest BCUT2D eigenvalue weighted by atomic mass is 10.1. The molecule has 1 atom stereocenters. The van der Waals surface area contributed by atoms with E-state index in [9.17, 15) is 13.2 Å². The molecule has 0 aromatic heterocycles. The van der Waals surface area contributed by atoms with Crippen molar-refractivity contribution in [1.82, 2.24) is 4.31 Å². The highest BCUT2D eigenvalue weighted by atomic mass is 35.5. The molecule has 8 heteroatoms. The van der Waals surface area contributed by atoms with Crippen molar-refractivity contribution in [2.45, 2.75) is 58.4 Å². The maximum Gasteiger partial charge on any atom is 0.243 e. The molecule has 1 rings (SSSR count). The Hall–Kier alpha value is -1.15. The predicted molar refractivity (Wildman–Crippen MR) is 105 cm³/mol. The summed E-state index contributed by atoms with van der Waals surface area (Å²) in [5.74, 6) is -0.295. The molecular formula is C17H30ClN3O3S. The summed E-state index contributed by atoms with van der Waals surface area (Å²) in [6.07, 6.45) is 1.39. The van der Waals surface area contributed by atoms with Crippen LogP contribution in [0.2, 0.25) is 0 Å². The fraction of sp³-hybridized carbons (Fsp3) is 0.588. The van der Waals surface area contributed by atoms with E-state index in [0.717, 1.165) is 17.5 Å². The lowest BCUT2D eigenvalue weighted by molar-refractivity contribution is -0.117. The van der Waals surface area contributed by atoms with Crippen LogP contribution in [0, 0.1) is 13.8 Å². The number of nitrogens with one attached hydrogen (secondary N) is 1. The van der Waals surface area contributed by atoms with Crippen LogP contribution < -0.4 is 11.1 Å². The van der Waals surface area contributed by atoms with Crippen LogP contribution in [0.4, 0.5) is 5.69 Å². The van der Waals surface area contributed by atoms with E-state index < -0.39 is 16.1 Å². The standard InChI is InChI=1S/C17H29N3O3S.ClH/c1-6-9-15(18)17(21)19-16-11-14(10-12(4)13(16)5)24(22,23)20(7-2)8-3;/h10-11,15H,6-9,18H2,1-5H3,(H,19,21);1H. The van der Waals surface area contributed by atoms with Crippen molar-refractivity contribution in [3.8, 4) is 0 Å². The molecule has 0 saturated carbocycles. The van der Waals surface area contributed by atoms with E-state index in [0.29, 0.717) is 25.2 Å². The summed E-state index contributed by atoms with van der Waals surface area (Å²) in [4.78, 5) is 12.4. The molecule has 0 fully saturated rings. The topological polar surface area (TPSA) is 92.5 Å². The monoisotopic (exact) mass is 391 g/mol. The fourth-order valence-corrected chi connectivity index (χ4v) is 4.06. The molecule has 0 aliphatic heterocycles. The molecule has 1 amide bonds. The second-order valence-corrected chi connectivity index (χ2v) is 7.82. The highest BCUT2D eigenvalue weighted by molar-refractivity contribution is 7.89. The predicted octanol–water partition coefficient (Wildman–Crippen LogP) is 2.82. The van der Waals surface area contributed by atoms with Crippen molar-refractivity contribution in [2.24, 2.45) is 5.73 Å². The molecule has 6 nitrogen and oxygen atoms in total. The zero-order valence-corrected chi connectivity index (χ0v) is 17.3. The molecule has 0 aliphatic carbocycles. The van der Waals surface area contributed by atoms with Gasteiger partial charge in [-0.2, -0.15) is 4.31 Å². The van der Waals surface area contributed by atoms with Gasteiger partial charge in [-0.05, 0) is 43.5 Å². The summed E-state index contributed by atoms with van der Waals surface area (Å²) < 4.78 is 26.8. The number of hydrogen-bond acceptors (Lipinski definition) is 4. The van der Waals surface area contributed by atoms with Gasteiger partial charge in [0.25, 0.3) is 0 Å². The van der Waals surface area contributed by atoms with Crippen LogP contribution in [0.15, 0.2) is 17.0 Å². The number of carbonyl (C=O) groups is 1. The Bertz CT molecular complexity index is 689. The molecule has 0 spiro atoms. The maximum absolute atomic E-state index is 12.7. The van der Waals surface area contributed by atoms with Gasteiger partial charge >= 0.3 is 0 Å². The number of halogens is 1. The van der Waals surface area contributed by atoms with Crippen LogP contribution in [0.3, 0.4) is 0 Å². The first kappa shape index (κ1) is 23.9. The number of carbonyl (C=O) groups excluding carboxylic acids is 1. The van der Waals surface area contributed by atoms with Crippen molar-refractivity contribution >= 4 is 34.0 Å². The summed E-state index contributed by atoms with van der Waals surface area (Å²) in [6, 6.07) is 2.56. The number of hydrogen-bond donors (Lipinski definition) is 2. The molecule has 144 valence electrons. The van der Waals surface area contributed by atoms with E-state index in [-0.39, 0.29) is 23.2 Å². The van der Waals surface area contributed by atoms with Crippen LogP contribution in [-0.2, 0) is 14.8 Å². The van der Waals surface area contributed by atoms with Crippen molar-refractivity contribution < 1.29 is 13.2 Å². The van der Waals surface area contributed by atoms with Gasteiger partial charge in [0, 0.05) is 18.8 Å². The molecular weight excluding hydrogens is 362 g/mol. The van der Waals surface area contributed by atoms with Crippen molar-refractivity contribution in [3.63, 3.8) is 0 Å². The highest BCUT2D eigenvalue weighted by Gasteiger charge is 2.24. The first-order valence-corrected chi connectivity index (χ1v) is 9.80. The quantitative estimate of drug-likeness (QED) is 0.712. The van der Waals surface area contributed by atoms with Gasteiger partial charge in [0.1, 0.15) is 0 Å². The molecule has 0 radical (unpaired) electrons. The third-order valence-electron chi connectivity index (χ3n) is 4.18. The number of rotatable bonds is 8. The minimum Gasteiger partial charge on any atom is -0.324 e. The molecule has 0 bridgehead atoms. The largest absolute Gasteiger partial charge is 0.324 e. The first-order valence-electron chi connectivity index (χ1n) is 8.36. The number of benzene rings is 1. The summed E-state index contributed by atoms with van der Waals surface area (Å²) >= 11 is 0. The van der Waals surface area contributed by atoms with E-state index in [1.807, 2.05) is 20.8 Å². The Morgan fingerprint density at radius 2 is 1.76 bits per heavy atom. The maximum atomic E-state index is 12.7. The Balaban J connectivity index is 0.00000576. The summed E-state index contributed by atoms with van der Waals surface area (Å²) in [5, 5.41) is 2.78. The molecule has 1 unspecified atom stereocenters. The van der Waals surface area contributed by atoms with Crippen molar-refractivity contribution in [1.29, 1.82) is 0 Å².